The zero-order valence-electron chi connectivity index (χ0n) is 14.8. The molecule has 1 aromatic heterocycles. The summed E-state index contributed by atoms with van der Waals surface area (Å²) >= 11 is 0. The SMILES string of the molecule is CC1(C)CN(C(=O)CCc2cnc[nH]2)C[C@H](COc2ccccc2)O1. The third-order valence-corrected chi connectivity index (χ3v) is 4.18. The molecule has 0 unspecified atom stereocenters. The summed E-state index contributed by atoms with van der Waals surface area (Å²) in [6.45, 7) is 5.60. The van der Waals surface area contributed by atoms with Crippen LogP contribution in [0.3, 0.4) is 0 Å². The largest absolute Gasteiger partial charge is 0.491 e. The van der Waals surface area contributed by atoms with E-state index in [0.717, 1.165) is 11.4 Å². The van der Waals surface area contributed by atoms with E-state index in [1.807, 2.05) is 49.1 Å². The summed E-state index contributed by atoms with van der Waals surface area (Å²) in [5, 5.41) is 0. The highest BCUT2D eigenvalue weighted by Crippen LogP contribution is 2.23. The fraction of sp³-hybridized carbons (Fsp3) is 0.474. The van der Waals surface area contributed by atoms with Crippen molar-refractivity contribution in [3.05, 3.63) is 48.5 Å². The van der Waals surface area contributed by atoms with Crippen LogP contribution in [0.15, 0.2) is 42.9 Å². The van der Waals surface area contributed by atoms with Crippen LogP contribution in [0.4, 0.5) is 0 Å². The lowest BCUT2D eigenvalue weighted by molar-refractivity contribution is -0.165. The number of benzene rings is 1. The molecule has 0 radical (unpaired) electrons. The van der Waals surface area contributed by atoms with Crippen molar-refractivity contribution in [1.29, 1.82) is 0 Å². The van der Waals surface area contributed by atoms with Crippen LogP contribution in [0.5, 0.6) is 5.75 Å². The van der Waals surface area contributed by atoms with E-state index in [4.69, 9.17) is 9.47 Å². The first-order valence-corrected chi connectivity index (χ1v) is 8.62. The van der Waals surface area contributed by atoms with Crippen LogP contribution in [0.2, 0.25) is 0 Å². The van der Waals surface area contributed by atoms with Gasteiger partial charge >= 0.3 is 0 Å². The second-order valence-electron chi connectivity index (χ2n) is 6.97. The Hall–Kier alpha value is -2.34. The normalized spacial score (nSPS) is 19.6. The van der Waals surface area contributed by atoms with E-state index in [1.165, 1.54) is 0 Å². The number of nitrogens with one attached hydrogen (secondary N) is 1. The molecule has 6 heteroatoms. The maximum absolute atomic E-state index is 12.6. The molecule has 1 aromatic carbocycles. The maximum Gasteiger partial charge on any atom is 0.223 e. The summed E-state index contributed by atoms with van der Waals surface area (Å²) in [4.78, 5) is 21.5. The standard InChI is InChI=1S/C19H25N3O3/c1-19(2)13-22(18(23)9-8-15-10-20-14-21-15)11-17(25-19)12-24-16-6-4-3-5-7-16/h3-7,10,14,17H,8-9,11-13H2,1-2H3,(H,20,21)/t17-/m1/s1. The smallest absolute Gasteiger partial charge is 0.223 e. The third-order valence-electron chi connectivity index (χ3n) is 4.18. The molecule has 3 rings (SSSR count). The fourth-order valence-corrected chi connectivity index (χ4v) is 3.10. The molecule has 1 aliphatic heterocycles. The molecule has 2 heterocycles. The number of ether oxygens (including phenoxy) is 2. The van der Waals surface area contributed by atoms with Gasteiger partial charge in [0.1, 0.15) is 18.5 Å². The van der Waals surface area contributed by atoms with Gasteiger partial charge in [0, 0.05) is 24.9 Å². The summed E-state index contributed by atoms with van der Waals surface area (Å²) in [5.41, 5.74) is 0.594. The van der Waals surface area contributed by atoms with E-state index in [9.17, 15) is 4.79 Å². The maximum atomic E-state index is 12.6. The van der Waals surface area contributed by atoms with Crippen LogP contribution in [-0.2, 0) is 16.0 Å². The van der Waals surface area contributed by atoms with Gasteiger partial charge in [-0.3, -0.25) is 4.79 Å². The molecular weight excluding hydrogens is 318 g/mol. The van der Waals surface area contributed by atoms with Crippen molar-refractivity contribution in [2.75, 3.05) is 19.7 Å². The van der Waals surface area contributed by atoms with Crippen molar-refractivity contribution in [3.63, 3.8) is 0 Å². The Morgan fingerprint density at radius 1 is 1.40 bits per heavy atom. The molecule has 2 aromatic rings. The minimum atomic E-state index is -0.382. The number of amides is 1. The van der Waals surface area contributed by atoms with Gasteiger partial charge in [0.25, 0.3) is 0 Å². The summed E-state index contributed by atoms with van der Waals surface area (Å²) in [6, 6.07) is 9.66. The predicted molar refractivity (Wildman–Crippen MR) is 94.4 cm³/mol. The lowest BCUT2D eigenvalue weighted by atomic mass is 10.0. The number of imidazole rings is 1. The Kier molecular flexibility index (Phi) is 5.38. The number of aromatic amines is 1. The zero-order valence-corrected chi connectivity index (χ0v) is 14.8. The highest BCUT2D eigenvalue weighted by Gasteiger charge is 2.35. The Labute approximate surface area is 148 Å². The Morgan fingerprint density at radius 2 is 2.20 bits per heavy atom. The molecule has 0 spiro atoms. The van der Waals surface area contributed by atoms with Gasteiger partial charge in [0.2, 0.25) is 5.91 Å². The predicted octanol–water partition coefficient (Wildman–Crippen LogP) is 2.43. The first-order chi connectivity index (χ1) is 12.0. The fourth-order valence-electron chi connectivity index (χ4n) is 3.10. The second-order valence-corrected chi connectivity index (χ2v) is 6.97. The quantitative estimate of drug-likeness (QED) is 0.875. The molecule has 0 bridgehead atoms. The van der Waals surface area contributed by atoms with Crippen LogP contribution in [0, 0.1) is 0 Å². The monoisotopic (exact) mass is 343 g/mol. The van der Waals surface area contributed by atoms with Crippen molar-refractivity contribution in [1.82, 2.24) is 14.9 Å². The van der Waals surface area contributed by atoms with Gasteiger partial charge in [-0.05, 0) is 32.4 Å². The molecular formula is C19H25N3O3. The lowest BCUT2D eigenvalue weighted by Crippen LogP contribution is -2.56. The van der Waals surface area contributed by atoms with E-state index < -0.39 is 0 Å². The van der Waals surface area contributed by atoms with Crippen molar-refractivity contribution >= 4 is 5.91 Å². The number of nitrogens with zero attached hydrogens (tertiary/aromatic N) is 2. The number of morpholine rings is 1. The first kappa shape index (κ1) is 17.5. The van der Waals surface area contributed by atoms with Gasteiger partial charge in [0.05, 0.1) is 18.5 Å². The Balaban J connectivity index is 1.55. The molecule has 0 aliphatic carbocycles. The van der Waals surface area contributed by atoms with Crippen molar-refractivity contribution < 1.29 is 14.3 Å². The second kappa shape index (κ2) is 7.70. The van der Waals surface area contributed by atoms with Gasteiger partial charge < -0.3 is 19.4 Å². The topological polar surface area (TPSA) is 67.5 Å². The zero-order chi connectivity index (χ0) is 17.7. The molecule has 1 aliphatic rings. The summed E-state index contributed by atoms with van der Waals surface area (Å²) in [5.74, 6) is 0.947. The van der Waals surface area contributed by atoms with Gasteiger partial charge in [-0.2, -0.15) is 0 Å². The van der Waals surface area contributed by atoms with E-state index in [1.54, 1.807) is 12.5 Å². The van der Waals surface area contributed by atoms with Gasteiger partial charge in [-0.15, -0.1) is 0 Å². The Bertz CT molecular complexity index is 670. The van der Waals surface area contributed by atoms with Crippen molar-refractivity contribution in [2.45, 2.75) is 38.4 Å². The van der Waals surface area contributed by atoms with Gasteiger partial charge in [0.15, 0.2) is 0 Å². The first-order valence-electron chi connectivity index (χ1n) is 8.62. The molecule has 1 N–H and O–H groups in total. The number of hydrogen-bond donors (Lipinski definition) is 1. The number of carbonyl (C=O) groups is 1. The summed E-state index contributed by atoms with van der Waals surface area (Å²) < 4.78 is 11.9. The number of rotatable bonds is 6. The molecule has 1 saturated heterocycles. The van der Waals surface area contributed by atoms with Crippen LogP contribution >= 0.6 is 0 Å². The molecule has 25 heavy (non-hydrogen) atoms. The lowest BCUT2D eigenvalue weighted by Gasteiger charge is -2.42. The molecule has 0 saturated carbocycles. The number of H-pyrrole nitrogens is 1. The van der Waals surface area contributed by atoms with E-state index in [-0.39, 0.29) is 17.6 Å². The van der Waals surface area contributed by atoms with Crippen LogP contribution < -0.4 is 4.74 Å². The minimum Gasteiger partial charge on any atom is -0.491 e. The summed E-state index contributed by atoms with van der Waals surface area (Å²) in [7, 11) is 0. The highest BCUT2D eigenvalue weighted by molar-refractivity contribution is 5.76. The number of aryl methyl sites for hydroxylation is 1. The van der Waals surface area contributed by atoms with E-state index in [0.29, 0.717) is 32.5 Å². The third kappa shape index (κ3) is 5.06. The van der Waals surface area contributed by atoms with Gasteiger partial charge in [-0.25, -0.2) is 4.98 Å². The number of hydrogen-bond acceptors (Lipinski definition) is 4. The molecule has 6 nitrogen and oxygen atoms in total. The van der Waals surface area contributed by atoms with Crippen LogP contribution in [0.25, 0.3) is 0 Å². The van der Waals surface area contributed by atoms with E-state index in [2.05, 4.69) is 9.97 Å². The van der Waals surface area contributed by atoms with Crippen LogP contribution in [-0.4, -0.2) is 52.2 Å². The molecule has 1 amide bonds. The van der Waals surface area contributed by atoms with Gasteiger partial charge in [-0.1, -0.05) is 18.2 Å². The number of para-hydroxylation sites is 1. The highest BCUT2D eigenvalue weighted by atomic mass is 16.5. The Morgan fingerprint density at radius 3 is 2.92 bits per heavy atom. The average molecular weight is 343 g/mol. The average Bonchev–Trinajstić information content (AvgIpc) is 3.11. The number of carbonyl (C=O) groups excluding carboxylic acids is 1. The molecule has 1 atom stereocenters. The number of aromatic nitrogens is 2. The van der Waals surface area contributed by atoms with Crippen LogP contribution in [0.1, 0.15) is 26.0 Å². The minimum absolute atomic E-state index is 0.135. The van der Waals surface area contributed by atoms with E-state index >= 15 is 0 Å². The summed E-state index contributed by atoms with van der Waals surface area (Å²) in [6.07, 6.45) is 4.38. The van der Waals surface area contributed by atoms with Crippen molar-refractivity contribution in [3.8, 4) is 5.75 Å². The van der Waals surface area contributed by atoms with Crippen molar-refractivity contribution in [2.24, 2.45) is 0 Å². The molecule has 1 fully saturated rings. The molecule has 134 valence electrons.